The predicted octanol–water partition coefficient (Wildman–Crippen LogP) is 4.47. The number of thioether (sulfide) groups is 1. The molecule has 1 heterocycles. The number of benzene rings is 2. The van der Waals surface area contributed by atoms with Crippen LogP contribution in [0.4, 0.5) is 5.69 Å². The summed E-state index contributed by atoms with van der Waals surface area (Å²) in [6, 6.07) is 12.6. The van der Waals surface area contributed by atoms with Gasteiger partial charge >= 0.3 is 5.97 Å². The Labute approximate surface area is 219 Å². The molecule has 36 heavy (non-hydrogen) atoms. The van der Waals surface area contributed by atoms with E-state index in [-0.39, 0.29) is 27.3 Å². The normalized spacial score (nSPS) is 17.2. The highest BCUT2D eigenvalue weighted by atomic mass is 35.5. The summed E-state index contributed by atoms with van der Waals surface area (Å²) in [4.78, 5) is 38.2. The van der Waals surface area contributed by atoms with Gasteiger partial charge in [0.2, 0.25) is 11.8 Å². The number of nitrogens with one attached hydrogen (secondary N) is 2. The number of aryl methyl sites for hydroxylation is 1. The van der Waals surface area contributed by atoms with Gasteiger partial charge in [-0.05, 0) is 55.7 Å². The third kappa shape index (κ3) is 5.83. The van der Waals surface area contributed by atoms with E-state index in [0.717, 1.165) is 22.9 Å². The number of amides is 2. The molecule has 2 amide bonds. The molecule has 0 saturated heterocycles. The minimum absolute atomic E-state index is 0.0617. The summed E-state index contributed by atoms with van der Waals surface area (Å²) in [5.41, 5.74) is 3.29. The molecule has 0 aliphatic carbocycles. The molecular weight excluding hydrogens is 502 g/mol. The molecule has 0 spiro atoms. The monoisotopic (exact) mass is 527 g/mol. The molecule has 8 nitrogen and oxygen atoms in total. The van der Waals surface area contributed by atoms with E-state index in [9.17, 15) is 19.6 Å². The van der Waals surface area contributed by atoms with Gasteiger partial charge in [0.15, 0.2) is 0 Å². The Bertz CT molecular complexity index is 1270. The summed E-state index contributed by atoms with van der Waals surface area (Å²) < 4.78 is 10.3. The zero-order valence-electron chi connectivity index (χ0n) is 20.3. The zero-order valence-corrected chi connectivity index (χ0v) is 21.9. The van der Waals surface area contributed by atoms with Crippen LogP contribution in [0, 0.1) is 31.1 Å². The van der Waals surface area contributed by atoms with Gasteiger partial charge in [0.05, 0.1) is 41.2 Å². The fraction of sp³-hybridized carbons (Fsp3) is 0.308. The van der Waals surface area contributed by atoms with Crippen molar-refractivity contribution in [3.05, 3.63) is 68.7 Å². The van der Waals surface area contributed by atoms with Gasteiger partial charge in [-0.2, -0.15) is 5.26 Å². The molecule has 1 aliphatic rings. The number of carbonyl (C=O) groups excluding carboxylic acids is 3. The lowest BCUT2D eigenvalue weighted by Crippen LogP contribution is -2.44. The highest BCUT2D eigenvalue weighted by molar-refractivity contribution is 8.03. The summed E-state index contributed by atoms with van der Waals surface area (Å²) in [5, 5.41) is 16.0. The standard InChI is InChI=1S/C26H26ClN3O5S/c1-5-35-20-10-9-16(11-18(20)27)22-17(12-28)25(30-24(32)23(22)26(33)34-4)36-13-21(31)29-19-8-6-7-14(2)15(19)3/h6-11,22-23H,5,13H2,1-4H3,(H,29,31)(H,30,32)/t22-,23+/m1/s1. The van der Waals surface area contributed by atoms with Crippen LogP contribution in [0.5, 0.6) is 5.75 Å². The molecule has 0 aromatic heterocycles. The van der Waals surface area contributed by atoms with Crippen molar-refractivity contribution in [2.45, 2.75) is 26.7 Å². The maximum Gasteiger partial charge on any atom is 0.319 e. The van der Waals surface area contributed by atoms with Crippen molar-refractivity contribution in [3.8, 4) is 11.8 Å². The molecule has 0 saturated carbocycles. The average molecular weight is 528 g/mol. The number of esters is 1. The first kappa shape index (κ1) is 27.1. The van der Waals surface area contributed by atoms with E-state index in [4.69, 9.17) is 21.1 Å². The maximum absolute atomic E-state index is 13.0. The Morgan fingerprint density at radius 2 is 2.00 bits per heavy atom. The molecular formula is C26H26ClN3O5S. The van der Waals surface area contributed by atoms with Gasteiger partial charge in [0.1, 0.15) is 11.7 Å². The molecule has 0 bridgehead atoms. The van der Waals surface area contributed by atoms with Crippen molar-refractivity contribution in [1.29, 1.82) is 5.26 Å². The topological polar surface area (TPSA) is 118 Å². The number of nitriles is 1. The fourth-order valence-electron chi connectivity index (χ4n) is 3.87. The lowest BCUT2D eigenvalue weighted by Gasteiger charge is -2.31. The number of hydrogen-bond donors (Lipinski definition) is 2. The summed E-state index contributed by atoms with van der Waals surface area (Å²) in [7, 11) is 1.18. The Balaban J connectivity index is 1.93. The van der Waals surface area contributed by atoms with E-state index in [0.29, 0.717) is 23.6 Å². The van der Waals surface area contributed by atoms with E-state index < -0.39 is 23.7 Å². The molecule has 1 aliphatic heterocycles. The van der Waals surface area contributed by atoms with E-state index in [1.807, 2.05) is 32.9 Å². The van der Waals surface area contributed by atoms with Crippen molar-refractivity contribution in [1.82, 2.24) is 5.32 Å². The molecule has 3 rings (SSSR count). The van der Waals surface area contributed by atoms with Crippen molar-refractivity contribution < 1.29 is 23.9 Å². The van der Waals surface area contributed by atoms with Crippen LogP contribution in [-0.2, 0) is 19.1 Å². The maximum atomic E-state index is 13.0. The van der Waals surface area contributed by atoms with Gasteiger partial charge in [0.25, 0.3) is 0 Å². The molecule has 2 N–H and O–H groups in total. The van der Waals surface area contributed by atoms with Gasteiger partial charge < -0.3 is 20.1 Å². The van der Waals surface area contributed by atoms with E-state index in [1.54, 1.807) is 24.3 Å². The van der Waals surface area contributed by atoms with Crippen molar-refractivity contribution in [2.24, 2.45) is 5.92 Å². The zero-order chi connectivity index (χ0) is 26.4. The minimum Gasteiger partial charge on any atom is -0.492 e. The van der Waals surface area contributed by atoms with Crippen LogP contribution in [0.15, 0.2) is 47.0 Å². The molecule has 2 aromatic carbocycles. The summed E-state index contributed by atoms with van der Waals surface area (Å²) in [5.74, 6) is -3.59. The van der Waals surface area contributed by atoms with Gasteiger partial charge in [-0.25, -0.2) is 0 Å². The lowest BCUT2D eigenvalue weighted by atomic mass is 9.78. The number of allylic oxidation sites excluding steroid dienone is 1. The van der Waals surface area contributed by atoms with Crippen LogP contribution in [0.1, 0.15) is 29.5 Å². The number of halogens is 1. The molecule has 2 aromatic rings. The van der Waals surface area contributed by atoms with Crippen molar-refractivity contribution in [3.63, 3.8) is 0 Å². The van der Waals surface area contributed by atoms with Gasteiger partial charge in [-0.15, -0.1) is 0 Å². The Hall–Kier alpha value is -3.48. The van der Waals surface area contributed by atoms with Crippen LogP contribution in [0.2, 0.25) is 5.02 Å². The first-order chi connectivity index (χ1) is 17.2. The first-order valence-corrected chi connectivity index (χ1v) is 12.5. The van der Waals surface area contributed by atoms with Gasteiger partial charge in [-0.1, -0.05) is 41.6 Å². The number of carbonyl (C=O) groups is 3. The second kappa shape index (κ2) is 12.0. The SMILES string of the molecule is CCOc1ccc([C@@H]2C(C#N)=C(SCC(=O)Nc3cccc(C)c3C)NC(=O)[C@H]2C(=O)OC)cc1Cl. The van der Waals surface area contributed by atoms with E-state index >= 15 is 0 Å². The molecule has 0 radical (unpaired) electrons. The Morgan fingerprint density at radius 1 is 1.25 bits per heavy atom. The largest absolute Gasteiger partial charge is 0.492 e. The van der Waals surface area contributed by atoms with Crippen LogP contribution in [0.3, 0.4) is 0 Å². The number of anilines is 1. The van der Waals surface area contributed by atoms with Gasteiger partial charge in [0, 0.05) is 11.6 Å². The fourth-order valence-corrected chi connectivity index (χ4v) is 4.97. The van der Waals surface area contributed by atoms with Crippen molar-refractivity contribution >= 4 is 46.8 Å². The van der Waals surface area contributed by atoms with Crippen LogP contribution >= 0.6 is 23.4 Å². The van der Waals surface area contributed by atoms with Crippen LogP contribution in [-0.4, -0.2) is 37.3 Å². The molecule has 188 valence electrons. The third-order valence-corrected chi connectivity index (χ3v) is 7.14. The number of rotatable bonds is 8. The highest BCUT2D eigenvalue weighted by Gasteiger charge is 2.44. The minimum atomic E-state index is -1.30. The smallest absolute Gasteiger partial charge is 0.319 e. The van der Waals surface area contributed by atoms with E-state index in [1.165, 1.54) is 7.11 Å². The van der Waals surface area contributed by atoms with Crippen molar-refractivity contribution in [2.75, 3.05) is 24.8 Å². The third-order valence-electron chi connectivity index (χ3n) is 5.82. The molecule has 0 unspecified atom stereocenters. The number of hydrogen-bond acceptors (Lipinski definition) is 7. The van der Waals surface area contributed by atoms with E-state index in [2.05, 4.69) is 16.7 Å². The first-order valence-electron chi connectivity index (χ1n) is 11.2. The van der Waals surface area contributed by atoms with Crippen LogP contribution in [0.25, 0.3) is 0 Å². The second-order valence-electron chi connectivity index (χ2n) is 8.03. The highest BCUT2D eigenvalue weighted by Crippen LogP contribution is 2.42. The quantitative estimate of drug-likeness (QED) is 0.384. The molecule has 2 atom stereocenters. The number of nitrogens with zero attached hydrogens (tertiary/aromatic N) is 1. The summed E-state index contributed by atoms with van der Waals surface area (Å²) >= 11 is 7.37. The van der Waals surface area contributed by atoms with Gasteiger partial charge in [-0.3, -0.25) is 14.4 Å². The summed E-state index contributed by atoms with van der Waals surface area (Å²) in [6.07, 6.45) is 0. The van der Waals surface area contributed by atoms with Crippen LogP contribution < -0.4 is 15.4 Å². The molecule has 10 heteroatoms. The average Bonchev–Trinajstić information content (AvgIpc) is 2.86. The predicted molar refractivity (Wildman–Crippen MR) is 139 cm³/mol. The number of methoxy groups -OCH3 is 1. The molecule has 0 fully saturated rings. The summed E-state index contributed by atoms with van der Waals surface area (Å²) in [6.45, 7) is 6.09. The second-order valence-corrected chi connectivity index (χ2v) is 9.42. The Morgan fingerprint density at radius 3 is 2.64 bits per heavy atom. The lowest BCUT2D eigenvalue weighted by molar-refractivity contribution is -0.150. The number of ether oxygens (including phenoxy) is 2. The Kier molecular flexibility index (Phi) is 9.02.